The molecule has 1 rings (SSSR count). The highest BCUT2D eigenvalue weighted by Gasteiger charge is 2.14. The number of halogens is 1. The number of carbonyl (C=O) groups is 2. The molecule has 0 spiro atoms. The maximum atomic E-state index is 11.9. The highest BCUT2D eigenvalue weighted by atomic mass is 79.9. The molecule has 1 aromatic rings. The highest BCUT2D eigenvalue weighted by molar-refractivity contribution is 9.10. The number of amides is 2. The summed E-state index contributed by atoms with van der Waals surface area (Å²) >= 11 is 5.03. The Labute approximate surface area is 137 Å². The minimum Gasteiger partial charge on any atom is -0.478 e. The summed E-state index contributed by atoms with van der Waals surface area (Å²) in [7, 11) is 0. The van der Waals surface area contributed by atoms with Crippen LogP contribution in [0.2, 0.25) is 0 Å². The smallest absolute Gasteiger partial charge is 0.337 e. The third kappa shape index (κ3) is 6.39. The second-order valence-corrected chi connectivity index (χ2v) is 6.79. The molecule has 0 heterocycles. The van der Waals surface area contributed by atoms with Crippen LogP contribution in [-0.4, -0.2) is 34.7 Å². The molecule has 116 valence electrons. The zero-order chi connectivity index (χ0) is 15.8. The van der Waals surface area contributed by atoms with E-state index >= 15 is 0 Å². The number of carboxylic acid groups (broad SMARTS) is 1. The molecule has 1 aromatic carbocycles. The fraction of sp³-hybridized carbons (Fsp3) is 0.429. The van der Waals surface area contributed by atoms with Crippen LogP contribution in [0.4, 0.5) is 10.5 Å². The second kappa shape index (κ2) is 8.94. The number of benzene rings is 1. The maximum absolute atomic E-state index is 11.9. The van der Waals surface area contributed by atoms with Gasteiger partial charge in [-0.2, -0.15) is 11.8 Å². The number of aromatic carboxylic acids is 1. The lowest BCUT2D eigenvalue weighted by atomic mass is 10.2. The quantitative estimate of drug-likeness (QED) is 0.634. The van der Waals surface area contributed by atoms with Gasteiger partial charge in [-0.25, -0.2) is 9.59 Å². The second-order valence-electron chi connectivity index (χ2n) is 4.48. The van der Waals surface area contributed by atoms with E-state index in [1.54, 1.807) is 12.1 Å². The molecule has 0 aromatic heterocycles. The van der Waals surface area contributed by atoms with Crippen molar-refractivity contribution < 1.29 is 14.7 Å². The van der Waals surface area contributed by atoms with Gasteiger partial charge in [0.25, 0.3) is 0 Å². The summed E-state index contributed by atoms with van der Waals surface area (Å²) in [5, 5.41) is 14.5. The number of carboxylic acids is 1. The maximum Gasteiger partial charge on any atom is 0.337 e. The molecule has 5 nitrogen and oxygen atoms in total. The average molecular weight is 375 g/mol. The normalized spacial score (nSPS) is 11.8. The van der Waals surface area contributed by atoms with Crippen molar-refractivity contribution in [3.05, 3.63) is 28.2 Å². The molecule has 1 unspecified atom stereocenters. The van der Waals surface area contributed by atoms with Crippen LogP contribution in [0.5, 0.6) is 0 Å². The van der Waals surface area contributed by atoms with Crippen LogP contribution in [0.3, 0.4) is 0 Å². The number of hydrogen-bond acceptors (Lipinski definition) is 3. The first-order valence-electron chi connectivity index (χ1n) is 6.62. The van der Waals surface area contributed by atoms with Gasteiger partial charge in [-0.3, -0.25) is 0 Å². The van der Waals surface area contributed by atoms with E-state index in [4.69, 9.17) is 5.11 Å². The lowest BCUT2D eigenvalue weighted by molar-refractivity contribution is 0.0698. The van der Waals surface area contributed by atoms with Gasteiger partial charge in [0.05, 0.1) is 11.3 Å². The standard InChI is InChI=1S/C14H19BrN2O3S/c1-3-21-7-6-9(2)16-14(20)17-12-5-4-10(15)8-11(12)13(18)19/h4-5,8-9H,3,6-7H2,1-2H3,(H,18,19)(H2,16,17,20). The van der Waals surface area contributed by atoms with Crippen molar-refractivity contribution in [3.8, 4) is 0 Å². The van der Waals surface area contributed by atoms with E-state index in [2.05, 4.69) is 33.5 Å². The van der Waals surface area contributed by atoms with Gasteiger partial charge in [0.2, 0.25) is 0 Å². The minimum atomic E-state index is -1.08. The molecular formula is C14H19BrN2O3S. The number of rotatable bonds is 7. The van der Waals surface area contributed by atoms with Crippen LogP contribution in [-0.2, 0) is 0 Å². The van der Waals surface area contributed by atoms with Gasteiger partial charge in [0.15, 0.2) is 0 Å². The van der Waals surface area contributed by atoms with Crippen molar-refractivity contribution in [2.24, 2.45) is 0 Å². The van der Waals surface area contributed by atoms with Gasteiger partial charge in [-0.1, -0.05) is 22.9 Å². The Hall–Kier alpha value is -1.21. The summed E-state index contributed by atoms with van der Waals surface area (Å²) in [5.74, 6) is 0.954. The third-order valence-corrected chi connectivity index (χ3v) is 4.16. The summed E-state index contributed by atoms with van der Waals surface area (Å²) in [6, 6.07) is 4.34. The molecule has 21 heavy (non-hydrogen) atoms. The number of hydrogen-bond donors (Lipinski definition) is 3. The van der Waals surface area contributed by atoms with E-state index in [0.29, 0.717) is 4.47 Å². The van der Waals surface area contributed by atoms with Crippen LogP contribution in [0.15, 0.2) is 22.7 Å². The molecule has 0 radical (unpaired) electrons. The molecule has 2 amide bonds. The monoisotopic (exact) mass is 374 g/mol. The number of carbonyl (C=O) groups excluding carboxylic acids is 1. The summed E-state index contributed by atoms with van der Waals surface area (Å²) < 4.78 is 0.649. The largest absolute Gasteiger partial charge is 0.478 e. The number of thioether (sulfide) groups is 1. The van der Waals surface area contributed by atoms with Gasteiger partial charge in [-0.05, 0) is 43.0 Å². The summed E-state index contributed by atoms with van der Waals surface area (Å²) in [5.41, 5.74) is 0.326. The fourth-order valence-electron chi connectivity index (χ4n) is 1.66. The number of anilines is 1. The average Bonchev–Trinajstić information content (AvgIpc) is 2.40. The molecular weight excluding hydrogens is 356 g/mol. The number of nitrogens with one attached hydrogen (secondary N) is 2. The van der Waals surface area contributed by atoms with Crippen LogP contribution in [0, 0.1) is 0 Å². The van der Waals surface area contributed by atoms with Gasteiger partial charge in [-0.15, -0.1) is 0 Å². The van der Waals surface area contributed by atoms with Crippen LogP contribution < -0.4 is 10.6 Å². The SMILES string of the molecule is CCSCCC(C)NC(=O)Nc1ccc(Br)cc1C(=O)O. The molecule has 0 aliphatic heterocycles. The van der Waals surface area contributed by atoms with Gasteiger partial charge < -0.3 is 15.7 Å². The summed E-state index contributed by atoms with van der Waals surface area (Å²) in [4.78, 5) is 23.0. The molecule has 3 N–H and O–H groups in total. The van der Waals surface area contributed by atoms with Gasteiger partial charge >= 0.3 is 12.0 Å². The first-order valence-corrected chi connectivity index (χ1v) is 8.57. The molecule has 1 atom stereocenters. The summed E-state index contributed by atoms with van der Waals surface area (Å²) in [6.45, 7) is 4.02. The van der Waals surface area contributed by atoms with Gasteiger partial charge in [0, 0.05) is 10.5 Å². The Bertz CT molecular complexity index is 511. The zero-order valence-corrected chi connectivity index (χ0v) is 14.4. The Balaban J connectivity index is 2.60. The predicted molar refractivity (Wildman–Crippen MR) is 90.3 cm³/mol. The first kappa shape index (κ1) is 17.8. The van der Waals surface area contributed by atoms with E-state index < -0.39 is 12.0 Å². The van der Waals surface area contributed by atoms with E-state index in [1.807, 2.05) is 18.7 Å². The summed E-state index contributed by atoms with van der Waals surface area (Å²) in [6.07, 6.45) is 0.873. The molecule has 0 fully saturated rings. The van der Waals surface area contributed by atoms with Crippen molar-refractivity contribution in [3.63, 3.8) is 0 Å². The Morgan fingerprint density at radius 3 is 2.76 bits per heavy atom. The van der Waals surface area contributed by atoms with Crippen molar-refractivity contribution in [1.29, 1.82) is 0 Å². The Morgan fingerprint density at radius 2 is 2.14 bits per heavy atom. The first-order chi connectivity index (χ1) is 9.93. The fourth-order valence-corrected chi connectivity index (χ4v) is 2.83. The lowest BCUT2D eigenvalue weighted by Crippen LogP contribution is -2.36. The molecule has 7 heteroatoms. The van der Waals surface area contributed by atoms with Crippen molar-refractivity contribution >= 4 is 45.4 Å². The molecule has 0 saturated carbocycles. The van der Waals surface area contributed by atoms with Crippen molar-refractivity contribution in [2.75, 3.05) is 16.8 Å². The minimum absolute atomic E-state index is 0.0350. The molecule has 0 aliphatic rings. The predicted octanol–water partition coefficient (Wildman–Crippen LogP) is 3.80. The highest BCUT2D eigenvalue weighted by Crippen LogP contribution is 2.21. The van der Waals surface area contributed by atoms with Gasteiger partial charge in [0.1, 0.15) is 0 Å². The number of urea groups is 1. The van der Waals surface area contributed by atoms with E-state index in [-0.39, 0.29) is 17.3 Å². The zero-order valence-electron chi connectivity index (χ0n) is 12.0. The molecule has 0 aliphatic carbocycles. The third-order valence-electron chi connectivity index (χ3n) is 2.74. The van der Waals surface area contributed by atoms with E-state index in [0.717, 1.165) is 17.9 Å². The van der Waals surface area contributed by atoms with Crippen LogP contribution in [0.25, 0.3) is 0 Å². The molecule has 0 bridgehead atoms. The van der Waals surface area contributed by atoms with E-state index in [9.17, 15) is 9.59 Å². The van der Waals surface area contributed by atoms with E-state index in [1.165, 1.54) is 6.07 Å². The molecule has 0 saturated heterocycles. The lowest BCUT2D eigenvalue weighted by Gasteiger charge is -2.15. The Kier molecular flexibility index (Phi) is 7.60. The van der Waals surface area contributed by atoms with Crippen molar-refractivity contribution in [2.45, 2.75) is 26.3 Å². The van der Waals surface area contributed by atoms with Crippen LogP contribution in [0.1, 0.15) is 30.6 Å². The van der Waals surface area contributed by atoms with Crippen molar-refractivity contribution in [1.82, 2.24) is 5.32 Å². The Morgan fingerprint density at radius 1 is 1.43 bits per heavy atom. The van der Waals surface area contributed by atoms with Crippen LogP contribution >= 0.6 is 27.7 Å². The topological polar surface area (TPSA) is 78.4 Å².